The molecule has 0 fully saturated rings. The Morgan fingerprint density at radius 3 is 2.50 bits per heavy atom. The second-order valence-corrected chi connectivity index (χ2v) is 2.87. The Labute approximate surface area is 52.0 Å². The summed E-state index contributed by atoms with van der Waals surface area (Å²) in [5, 5.41) is 0. The highest BCUT2D eigenvalue weighted by atomic mass is 79.9. The lowest BCUT2D eigenvalue weighted by molar-refractivity contribution is 1.59. The molecule has 0 amide bonds. The van der Waals surface area contributed by atoms with Crippen LogP contribution in [0, 0.1) is 0 Å². The number of hydrogen-bond donors (Lipinski definition) is 0. The predicted octanol–water partition coefficient (Wildman–Crippen LogP) is 1.57. The fourth-order valence-corrected chi connectivity index (χ4v) is 2.07. The standard InChI is InChI=1S/CBrN2S2/c2-1-3-5-6-4-1. The van der Waals surface area contributed by atoms with Gasteiger partial charge in [0.2, 0.25) is 4.74 Å². The zero-order valence-corrected chi connectivity index (χ0v) is 5.81. The van der Waals surface area contributed by atoms with E-state index in [1.54, 1.807) is 0 Å². The van der Waals surface area contributed by atoms with E-state index in [9.17, 15) is 0 Å². The van der Waals surface area contributed by atoms with E-state index in [0.29, 0.717) is 4.74 Å². The van der Waals surface area contributed by atoms with Crippen LogP contribution in [0.15, 0.2) is 4.40 Å². The van der Waals surface area contributed by atoms with Crippen molar-refractivity contribution in [2.45, 2.75) is 0 Å². The van der Waals surface area contributed by atoms with Gasteiger partial charge in [-0.2, -0.15) is 9.12 Å². The van der Waals surface area contributed by atoms with Crippen molar-refractivity contribution in [1.82, 2.24) is 4.72 Å². The first-order valence-corrected chi connectivity index (χ1v) is 4.02. The molecule has 0 aromatic carbocycles. The highest BCUT2D eigenvalue weighted by Crippen LogP contribution is 2.27. The van der Waals surface area contributed by atoms with Crippen LogP contribution in [0.1, 0.15) is 0 Å². The van der Waals surface area contributed by atoms with Gasteiger partial charge >= 0.3 is 0 Å². The van der Waals surface area contributed by atoms with Gasteiger partial charge < -0.3 is 0 Å². The number of halogens is 1. The quantitative estimate of drug-likeness (QED) is 0.324. The third-order valence-corrected chi connectivity index (χ3v) is 2.29. The van der Waals surface area contributed by atoms with Gasteiger partial charge in [-0.3, -0.25) is 0 Å². The number of rotatable bonds is 0. The van der Waals surface area contributed by atoms with Crippen LogP contribution in [-0.4, -0.2) is 4.74 Å². The molecule has 0 aromatic rings. The maximum atomic E-state index is 3.78. The molecule has 1 rings (SSSR count). The molecule has 1 heterocycles. The monoisotopic (exact) mass is 183 g/mol. The largest absolute Gasteiger partial charge is 0.212 e. The van der Waals surface area contributed by atoms with Crippen LogP contribution >= 0.6 is 37.9 Å². The van der Waals surface area contributed by atoms with E-state index in [1.807, 2.05) is 0 Å². The number of amidine groups is 1. The topological polar surface area (TPSA) is 26.5 Å². The highest BCUT2D eigenvalue weighted by molar-refractivity contribution is 9.18. The van der Waals surface area contributed by atoms with Crippen LogP contribution in [-0.2, 0) is 0 Å². The minimum absolute atomic E-state index is 0.692. The lowest BCUT2D eigenvalue weighted by Gasteiger charge is -1.73. The van der Waals surface area contributed by atoms with Crippen LogP contribution < -0.4 is 4.72 Å². The van der Waals surface area contributed by atoms with Crippen molar-refractivity contribution in [2.24, 2.45) is 4.40 Å². The maximum Gasteiger partial charge on any atom is 0.212 e. The van der Waals surface area contributed by atoms with Gasteiger partial charge in [0.15, 0.2) is 0 Å². The summed E-state index contributed by atoms with van der Waals surface area (Å²) in [6.45, 7) is 0. The minimum Gasteiger partial charge on any atom is -0.175 e. The maximum absolute atomic E-state index is 3.78. The lowest BCUT2D eigenvalue weighted by atomic mass is 11.4. The fraction of sp³-hybridized carbons (Fsp3) is 0. The Morgan fingerprint density at radius 2 is 2.33 bits per heavy atom. The molecule has 1 radical (unpaired) electrons. The van der Waals surface area contributed by atoms with Crippen molar-refractivity contribution in [2.75, 3.05) is 0 Å². The van der Waals surface area contributed by atoms with E-state index >= 15 is 0 Å². The molecule has 6 heavy (non-hydrogen) atoms. The summed E-state index contributed by atoms with van der Waals surface area (Å²) in [6.07, 6.45) is 0. The van der Waals surface area contributed by atoms with Gasteiger partial charge in [0.05, 0.1) is 22.0 Å². The van der Waals surface area contributed by atoms with Crippen LogP contribution in [0.3, 0.4) is 0 Å². The Hall–Kier alpha value is 0.650. The SMILES string of the molecule is BrC1=NSS[N]1. The zero-order valence-electron chi connectivity index (χ0n) is 2.59. The molecule has 1 aliphatic rings. The van der Waals surface area contributed by atoms with Crippen molar-refractivity contribution >= 4 is 42.6 Å². The molecule has 0 aliphatic carbocycles. The Kier molecular flexibility index (Phi) is 1.67. The van der Waals surface area contributed by atoms with Gasteiger partial charge in [-0.05, 0) is 15.9 Å². The van der Waals surface area contributed by atoms with Crippen molar-refractivity contribution < 1.29 is 0 Å². The third-order valence-electron chi connectivity index (χ3n) is 0.259. The molecule has 0 saturated heterocycles. The number of hydrogen-bond acceptors (Lipinski definition) is 3. The summed E-state index contributed by atoms with van der Waals surface area (Å²) in [6, 6.07) is 0. The molecular weight excluding hydrogens is 184 g/mol. The molecular formula is CBrN2S2. The summed E-state index contributed by atoms with van der Waals surface area (Å²) in [4.78, 5) is 0. The Morgan fingerprint density at radius 1 is 1.50 bits per heavy atom. The van der Waals surface area contributed by atoms with E-state index < -0.39 is 0 Å². The van der Waals surface area contributed by atoms with Crippen molar-refractivity contribution in [3.05, 3.63) is 0 Å². The average molecular weight is 184 g/mol. The fourth-order valence-electron chi connectivity index (χ4n) is 0.112. The van der Waals surface area contributed by atoms with Gasteiger partial charge in [0.25, 0.3) is 0 Å². The molecule has 1 aliphatic heterocycles. The summed E-state index contributed by atoms with van der Waals surface area (Å²) < 4.78 is 8.26. The highest BCUT2D eigenvalue weighted by Gasteiger charge is 2.02. The predicted molar refractivity (Wildman–Crippen MR) is 33.7 cm³/mol. The molecule has 33 valence electrons. The molecule has 0 aromatic heterocycles. The van der Waals surface area contributed by atoms with E-state index in [4.69, 9.17) is 0 Å². The van der Waals surface area contributed by atoms with Crippen molar-refractivity contribution in [3.8, 4) is 0 Å². The average Bonchev–Trinajstić information content (AvgIpc) is 1.86. The van der Waals surface area contributed by atoms with Crippen molar-refractivity contribution in [3.63, 3.8) is 0 Å². The van der Waals surface area contributed by atoms with Crippen LogP contribution in [0.5, 0.6) is 0 Å². The molecule has 0 atom stereocenters. The molecule has 0 spiro atoms. The summed E-state index contributed by atoms with van der Waals surface area (Å²) >= 11 is 3.08. The smallest absolute Gasteiger partial charge is 0.175 e. The van der Waals surface area contributed by atoms with Gasteiger partial charge in [-0.1, -0.05) is 0 Å². The molecule has 0 unspecified atom stereocenters. The molecule has 0 N–H and O–H groups in total. The van der Waals surface area contributed by atoms with Crippen molar-refractivity contribution in [1.29, 1.82) is 0 Å². The van der Waals surface area contributed by atoms with Gasteiger partial charge in [-0.15, -0.1) is 0 Å². The zero-order chi connectivity index (χ0) is 4.41. The Bertz CT molecular complexity index is 81.6. The molecule has 5 heteroatoms. The molecule has 0 saturated carbocycles. The van der Waals surface area contributed by atoms with E-state index in [2.05, 4.69) is 25.0 Å². The second kappa shape index (κ2) is 2.09. The summed E-state index contributed by atoms with van der Waals surface area (Å²) in [7, 11) is 2.75. The van der Waals surface area contributed by atoms with Crippen LogP contribution in [0.25, 0.3) is 0 Å². The van der Waals surface area contributed by atoms with E-state index in [-0.39, 0.29) is 0 Å². The Balaban J connectivity index is 2.45. The first-order valence-electron chi connectivity index (χ1n) is 1.17. The second-order valence-electron chi connectivity index (χ2n) is 0.601. The first-order chi connectivity index (χ1) is 2.89. The first kappa shape index (κ1) is 4.80. The summed E-state index contributed by atoms with van der Waals surface area (Å²) in [5.41, 5.74) is 0. The minimum atomic E-state index is 0.692. The van der Waals surface area contributed by atoms with E-state index in [1.165, 1.54) is 22.0 Å². The molecule has 2 nitrogen and oxygen atoms in total. The van der Waals surface area contributed by atoms with Gasteiger partial charge in [-0.25, -0.2) is 0 Å². The van der Waals surface area contributed by atoms with Crippen LogP contribution in [0.4, 0.5) is 0 Å². The number of nitrogens with zero attached hydrogens (tertiary/aromatic N) is 2. The van der Waals surface area contributed by atoms with Gasteiger partial charge in [0.1, 0.15) is 0 Å². The van der Waals surface area contributed by atoms with Crippen LogP contribution in [0.2, 0.25) is 0 Å². The van der Waals surface area contributed by atoms with Gasteiger partial charge in [0, 0.05) is 0 Å². The normalized spacial score (nSPS) is 19.8. The summed E-state index contributed by atoms with van der Waals surface area (Å²) in [5.74, 6) is 0. The third kappa shape index (κ3) is 1.06. The lowest BCUT2D eigenvalue weighted by Crippen LogP contribution is -1.88. The molecule has 0 bridgehead atoms. The van der Waals surface area contributed by atoms with E-state index in [0.717, 1.165) is 0 Å².